The van der Waals surface area contributed by atoms with Crippen molar-refractivity contribution in [2.45, 2.75) is 12.7 Å². The SMILES string of the molecule is CN1CCN(C(=O)Nc2cccc(OC(F)F)c2)C(c2ccccc2)C1. The number of urea groups is 1. The van der Waals surface area contributed by atoms with Crippen molar-refractivity contribution in [3.8, 4) is 5.75 Å². The Hall–Kier alpha value is -2.67. The van der Waals surface area contributed by atoms with Crippen LogP contribution >= 0.6 is 0 Å². The van der Waals surface area contributed by atoms with Gasteiger partial charge >= 0.3 is 12.6 Å². The van der Waals surface area contributed by atoms with E-state index in [0.29, 0.717) is 12.2 Å². The first-order valence-electron chi connectivity index (χ1n) is 8.39. The molecule has 2 aromatic rings. The van der Waals surface area contributed by atoms with Crippen LogP contribution in [-0.2, 0) is 0 Å². The van der Waals surface area contributed by atoms with Gasteiger partial charge < -0.3 is 19.9 Å². The summed E-state index contributed by atoms with van der Waals surface area (Å²) in [4.78, 5) is 16.8. The molecule has 0 spiro atoms. The van der Waals surface area contributed by atoms with Crippen molar-refractivity contribution in [3.63, 3.8) is 0 Å². The molecule has 1 N–H and O–H groups in total. The number of carbonyl (C=O) groups excluding carboxylic acids is 1. The molecule has 5 nitrogen and oxygen atoms in total. The summed E-state index contributed by atoms with van der Waals surface area (Å²) in [7, 11) is 2.02. The van der Waals surface area contributed by atoms with E-state index in [4.69, 9.17) is 0 Å². The molecule has 2 aromatic carbocycles. The number of piperazine rings is 1. The molecule has 2 amide bonds. The highest BCUT2D eigenvalue weighted by Gasteiger charge is 2.30. The number of ether oxygens (including phenoxy) is 1. The normalized spacial score (nSPS) is 18.0. The Labute approximate surface area is 151 Å². The lowest BCUT2D eigenvalue weighted by Gasteiger charge is -2.40. The van der Waals surface area contributed by atoms with E-state index in [9.17, 15) is 13.6 Å². The maximum atomic E-state index is 12.8. The molecule has 1 heterocycles. The highest BCUT2D eigenvalue weighted by atomic mass is 19.3. The minimum atomic E-state index is -2.90. The van der Waals surface area contributed by atoms with Crippen LogP contribution in [-0.4, -0.2) is 49.1 Å². The summed E-state index contributed by atoms with van der Waals surface area (Å²) in [6.45, 7) is -0.826. The van der Waals surface area contributed by atoms with Crippen LogP contribution in [0.1, 0.15) is 11.6 Å². The van der Waals surface area contributed by atoms with Crippen LogP contribution < -0.4 is 10.1 Å². The van der Waals surface area contributed by atoms with E-state index in [1.54, 1.807) is 17.0 Å². The number of alkyl halides is 2. The molecule has 1 aliphatic rings. The van der Waals surface area contributed by atoms with Gasteiger partial charge in [-0.05, 0) is 24.7 Å². The smallest absolute Gasteiger partial charge is 0.387 e. The van der Waals surface area contributed by atoms with E-state index in [2.05, 4.69) is 15.0 Å². The van der Waals surface area contributed by atoms with Gasteiger partial charge in [-0.15, -0.1) is 0 Å². The Bertz CT molecular complexity index is 743. The number of amides is 2. The van der Waals surface area contributed by atoms with Crippen molar-refractivity contribution < 1.29 is 18.3 Å². The number of likely N-dealkylation sites (N-methyl/N-ethyl adjacent to an activating group) is 1. The average Bonchev–Trinajstić information content (AvgIpc) is 2.62. The third-order valence-corrected chi connectivity index (χ3v) is 4.34. The molecule has 0 aliphatic carbocycles. The van der Waals surface area contributed by atoms with Crippen molar-refractivity contribution in [1.29, 1.82) is 0 Å². The predicted octanol–water partition coefficient (Wildman–Crippen LogP) is 3.81. The minimum Gasteiger partial charge on any atom is -0.435 e. The van der Waals surface area contributed by atoms with Crippen LogP contribution in [0.3, 0.4) is 0 Å². The largest absolute Gasteiger partial charge is 0.435 e. The molecule has 0 radical (unpaired) electrons. The Kier molecular flexibility index (Phi) is 5.68. The van der Waals surface area contributed by atoms with Crippen LogP contribution in [0.25, 0.3) is 0 Å². The monoisotopic (exact) mass is 361 g/mol. The van der Waals surface area contributed by atoms with Gasteiger partial charge in [-0.2, -0.15) is 8.78 Å². The van der Waals surface area contributed by atoms with Crippen molar-refractivity contribution in [3.05, 3.63) is 60.2 Å². The number of anilines is 1. The topological polar surface area (TPSA) is 44.8 Å². The number of hydrogen-bond donors (Lipinski definition) is 1. The number of nitrogens with zero attached hydrogens (tertiary/aromatic N) is 2. The fourth-order valence-corrected chi connectivity index (χ4v) is 3.07. The van der Waals surface area contributed by atoms with E-state index in [-0.39, 0.29) is 17.8 Å². The summed E-state index contributed by atoms with van der Waals surface area (Å²) >= 11 is 0. The lowest BCUT2D eigenvalue weighted by Crippen LogP contribution is -2.50. The summed E-state index contributed by atoms with van der Waals surface area (Å²) < 4.78 is 29.1. The van der Waals surface area contributed by atoms with Crippen LogP contribution in [0.4, 0.5) is 19.3 Å². The lowest BCUT2D eigenvalue weighted by molar-refractivity contribution is -0.0497. The Balaban J connectivity index is 1.75. The fourth-order valence-electron chi connectivity index (χ4n) is 3.07. The molecule has 3 rings (SSSR count). The predicted molar refractivity (Wildman–Crippen MR) is 95.5 cm³/mol. The highest BCUT2D eigenvalue weighted by Crippen LogP contribution is 2.26. The van der Waals surface area contributed by atoms with E-state index >= 15 is 0 Å². The number of nitrogens with one attached hydrogen (secondary N) is 1. The van der Waals surface area contributed by atoms with Crippen molar-refractivity contribution in [2.24, 2.45) is 0 Å². The molecule has 1 saturated heterocycles. The molecule has 0 aromatic heterocycles. The summed E-state index contributed by atoms with van der Waals surface area (Å²) in [6.07, 6.45) is 0. The molecule has 0 bridgehead atoms. The minimum absolute atomic E-state index is 0.00999. The third-order valence-electron chi connectivity index (χ3n) is 4.34. The molecule has 1 fully saturated rings. The van der Waals surface area contributed by atoms with E-state index in [1.807, 2.05) is 37.4 Å². The van der Waals surface area contributed by atoms with Crippen molar-refractivity contribution in [2.75, 3.05) is 32.0 Å². The van der Waals surface area contributed by atoms with Gasteiger partial charge in [0, 0.05) is 31.4 Å². The second-order valence-corrected chi connectivity index (χ2v) is 6.22. The van der Waals surface area contributed by atoms with Gasteiger partial charge in [0.05, 0.1) is 6.04 Å². The van der Waals surface area contributed by atoms with Gasteiger partial charge in [0.15, 0.2) is 0 Å². The molecular formula is C19H21F2N3O2. The zero-order chi connectivity index (χ0) is 18.5. The number of rotatable bonds is 4. The zero-order valence-electron chi connectivity index (χ0n) is 14.4. The molecule has 0 saturated carbocycles. The maximum absolute atomic E-state index is 12.8. The highest BCUT2D eigenvalue weighted by molar-refractivity contribution is 5.90. The molecule has 1 aliphatic heterocycles. The average molecular weight is 361 g/mol. The Morgan fingerprint density at radius 1 is 1.15 bits per heavy atom. The summed E-state index contributed by atoms with van der Waals surface area (Å²) in [5, 5.41) is 2.78. The summed E-state index contributed by atoms with van der Waals surface area (Å²) in [5.41, 5.74) is 1.47. The van der Waals surface area contributed by atoms with Crippen molar-refractivity contribution >= 4 is 11.7 Å². The first-order valence-corrected chi connectivity index (χ1v) is 8.39. The van der Waals surface area contributed by atoms with Gasteiger partial charge in [0.25, 0.3) is 0 Å². The standard InChI is InChI=1S/C19H21F2N3O2/c1-23-10-11-24(17(13-23)14-6-3-2-4-7-14)19(25)22-15-8-5-9-16(12-15)26-18(20)21/h2-9,12,17-18H,10-11,13H2,1H3,(H,22,25). The first kappa shape index (κ1) is 18.1. The second-order valence-electron chi connectivity index (χ2n) is 6.22. The van der Waals surface area contributed by atoms with Crippen LogP contribution in [0.15, 0.2) is 54.6 Å². The lowest BCUT2D eigenvalue weighted by atomic mass is 10.0. The van der Waals surface area contributed by atoms with Crippen LogP contribution in [0.5, 0.6) is 5.75 Å². The number of hydrogen-bond acceptors (Lipinski definition) is 3. The molecule has 26 heavy (non-hydrogen) atoms. The number of carbonyl (C=O) groups is 1. The molecule has 138 valence electrons. The van der Waals surface area contributed by atoms with Gasteiger partial charge in [0.1, 0.15) is 5.75 Å². The van der Waals surface area contributed by atoms with Gasteiger partial charge in [0.2, 0.25) is 0 Å². The van der Waals surface area contributed by atoms with Gasteiger partial charge in [-0.1, -0.05) is 36.4 Å². The van der Waals surface area contributed by atoms with Gasteiger partial charge in [-0.3, -0.25) is 0 Å². The molecular weight excluding hydrogens is 340 g/mol. The first-order chi connectivity index (χ1) is 12.5. The summed E-state index contributed by atoms with van der Waals surface area (Å²) in [5.74, 6) is 0.00999. The Morgan fingerprint density at radius 2 is 1.92 bits per heavy atom. The number of benzene rings is 2. The van der Waals surface area contributed by atoms with E-state index in [0.717, 1.165) is 18.7 Å². The van der Waals surface area contributed by atoms with Gasteiger partial charge in [-0.25, -0.2) is 4.79 Å². The zero-order valence-corrected chi connectivity index (χ0v) is 14.4. The van der Waals surface area contributed by atoms with E-state index < -0.39 is 6.61 Å². The fraction of sp³-hybridized carbons (Fsp3) is 0.316. The maximum Gasteiger partial charge on any atom is 0.387 e. The van der Waals surface area contributed by atoms with Crippen molar-refractivity contribution in [1.82, 2.24) is 9.80 Å². The molecule has 1 atom stereocenters. The number of halogens is 2. The molecule has 1 unspecified atom stereocenters. The quantitative estimate of drug-likeness (QED) is 0.901. The van der Waals surface area contributed by atoms with Crippen LogP contribution in [0, 0.1) is 0 Å². The Morgan fingerprint density at radius 3 is 2.65 bits per heavy atom. The van der Waals surface area contributed by atoms with E-state index in [1.165, 1.54) is 12.1 Å². The third kappa shape index (κ3) is 4.49. The summed E-state index contributed by atoms with van der Waals surface area (Å²) in [6, 6.07) is 15.5. The second kappa shape index (κ2) is 8.14. The van der Waals surface area contributed by atoms with Crippen LogP contribution in [0.2, 0.25) is 0 Å². The molecule has 7 heteroatoms.